The van der Waals surface area contributed by atoms with Gasteiger partial charge in [-0.25, -0.2) is 14.4 Å². The lowest BCUT2D eigenvalue weighted by molar-refractivity contribution is -0.118. The number of primary amides is 1. The molecule has 2 aromatic carbocycles. The van der Waals surface area contributed by atoms with Crippen molar-refractivity contribution in [3.63, 3.8) is 0 Å². The van der Waals surface area contributed by atoms with Gasteiger partial charge in [-0.1, -0.05) is 24.3 Å². The zero-order valence-corrected chi connectivity index (χ0v) is 12.5. The molecule has 3 N–H and O–H groups in total. The largest absolute Gasteiger partial charge is 0.368 e. The third kappa shape index (κ3) is 2.96. The van der Waals surface area contributed by atoms with Crippen molar-refractivity contribution in [3.8, 4) is 0 Å². The Morgan fingerprint density at radius 2 is 1.91 bits per heavy atom. The van der Waals surface area contributed by atoms with E-state index in [1.165, 1.54) is 30.6 Å². The summed E-state index contributed by atoms with van der Waals surface area (Å²) in [6, 6.07) is 10.5. The van der Waals surface area contributed by atoms with Gasteiger partial charge in [0.2, 0.25) is 5.91 Å². The molecular weight excluding hydrogens is 295 g/mol. The first kappa shape index (κ1) is 14.9. The van der Waals surface area contributed by atoms with Gasteiger partial charge in [-0.05, 0) is 36.2 Å². The van der Waals surface area contributed by atoms with Crippen molar-refractivity contribution in [2.75, 3.05) is 5.32 Å². The molecule has 0 spiro atoms. The molecule has 3 aromatic rings. The lowest BCUT2D eigenvalue weighted by atomic mass is 10.1. The van der Waals surface area contributed by atoms with Gasteiger partial charge < -0.3 is 11.1 Å². The Morgan fingerprint density at radius 3 is 2.61 bits per heavy atom. The van der Waals surface area contributed by atoms with Crippen molar-refractivity contribution >= 4 is 22.6 Å². The Labute approximate surface area is 132 Å². The average molecular weight is 310 g/mol. The lowest BCUT2D eigenvalue weighted by Gasteiger charge is -2.18. The summed E-state index contributed by atoms with van der Waals surface area (Å²) in [7, 11) is 0. The van der Waals surface area contributed by atoms with Crippen LogP contribution in [0.25, 0.3) is 10.9 Å². The van der Waals surface area contributed by atoms with Gasteiger partial charge in [0, 0.05) is 5.39 Å². The molecule has 1 aromatic heterocycles. The molecule has 1 unspecified atom stereocenters. The van der Waals surface area contributed by atoms with Crippen LogP contribution in [-0.4, -0.2) is 15.9 Å². The molecule has 116 valence electrons. The number of anilines is 1. The minimum absolute atomic E-state index is 0.375. The van der Waals surface area contributed by atoms with Crippen LogP contribution in [0.4, 0.5) is 10.2 Å². The van der Waals surface area contributed by atoms with Crippen LogP contribution in [0.15, 0.2) is 48.8 Å². The van der Waals surface area contributed by atoms with Crippen LogP contribution >= 0.6 is 0 Å². The summed E-state index contributed by atoms with van der Waals surface area (Å²) in [5.41, 5.74) is 7.81. The minimum atomic E-state index is -0.812. The summed E-state index contributed by atoms with van der Waals surface area (Å²) < 4.78 is 13.1. The van der Waals surface area contributed by atoms with Crippen LogP contribution in [0.2, 0.25) is 0 Å². The van der Waals surface area contributed by atoms with Crippen molar-refractivity contribution < 1.29 is 9.18 Å². The first-order valence-corrected chi connectivity index (χ1v) is 7.08. The number of halogens is 1. The lowest BCUT2D eigenvalue weighted by Crippen LogP contribution is -2.28. The molecule has 0 fully saturated rings. The van der Waals surface area contributed by atoms with E-state index in [1.54, 1.807) is 0 Å². The monoisotopic (exact) mass is 310 g/mol. The summed E-state index contributed by atoms with van der Waals surface area (Å²) in [5, 5.41) is 3.87. The van der Waals surface area contributed by atoms with Crippen LogP contribution in [0.1, 0.15) is 17.2 Å². The molecule has 5 nitrogen and oxygen atoms in total. The molecule has 1 amide bonds. The quantitative estimate of drug-likeness (QED) is 0.776. The number of carbonyl (C=O) groups excluding carboxylic acids is 1. The molecule has 0 saturated carbocycles. The van der Waals surface area contributed by atoms with Gasteiger partial charge in [0.25, 0.3) is 0 Å². The standard InChI is InChI=1S/C17H15FN4O/c1-10-3-2-4-13-14(10)17(21-9-20-13)22-15(16(19)23)11-5-7-12(18)8-6-11/h2-9,15H,1H3,(H2,19,23)(H,20,21,22). The van der Waals surface area contributed by atoms with Crippen LogP contribution in [0.5, 0.6) is 0 Å². The molecule has 1 atom stereocenters. The first-order chi connectivity index (χ1) is 11.1. The van der Waals surface area contributed by atoms with Crippen molar-refractivity contribution in [3.05, 3.63) is 65.7 Å². The van der Waals surface area contributed by atoms with E-state index in [0.717, 1.165) is 16.5 Å². The number of hydrogen-bond acceptors (Lipinski definition) is 4. The second kappa shape index (κ2) is 6.00. The maximum atomic E-state index is 13.1. The topological polar surface area (TPSA) is 80.9 Å². The first-order valence-electron chi connectivity index (χ1n) is 7.08. The molecular formula is C17H15FN4O. The number of nitrogens with zero attached hydrogens (tertiary/aromatic N) is 2. The van der Waals surface area contributed by atoms with E-state index in [4.69, 9.17) is 5.73 Å². The van der Waals surface area contributed by atoms with E-state index in [-0.39, 0.29) is 5.82 Å². The van der Waals surface area contributed by atoms with Crippen LogP contribution in [0, 0.1) is 12.7 Å². The Morgan fingerprint density at radius 1 is 1.17 bits per heavy atom. The maximum Gasteiger partial charge on any atom is 0.244 e. The maximum absolute atomic E-state index is 13.1. The number of hydrogen-bond donors (Lipinski definition) is 2. The third-order valence-corrected chi connectivity index (χ3v) is 3.64. The number of aromatic nitrogens is 2. The molecule has 0 aliphatic rings. The minimum Gasteiger partial charge on any atom is -0.368 e. The number of benzene rings is 2. The molecule has 0 radical (unpaired) electrons. The number of aryl methyl sites for hydroxylation is 1. The number of amides is 1. The molecule has 0 bridgehead atoms. The van der Waals surface area contributed by atoms with Crippen molar-refractivity contribution in [2.24, 2.45) is 5.73 Å². The van der Waals surface area contributed by atoms with Gasteiger partial charge in [-0.15, -0.1) is 0 Å². The number of rotatable bonds is 4. The predicted octanol–water partition coefficient (Wildman–Crippen LogP) is 2.72. The van der Waals surface area contributed by atoms with E-state index in [1.807, 2.05) is 25.1 Å². The van der Waals surface area contributed by atoms with Crippen molar-refractivity contribution in [1.29, 1.82) is 0 Å². The number of carbonyl (C=O) groups is 1. The average Bonchev–Trinajstić information content (AvgIpc) is 2.53. The molecule has 23 heavy (non-hydrogen) atoms. The fourth-order valence-electron chi connectivity index (χ4n) is 2.50. The number of nitrogens with one attached hydrogen (secondary N) is 1. The summed E-state index contributed by atoms with van der Waals surface area (Å²) in [6.45, 7) is 1.94. The second-order valence-corrected chi connectivity index (χ2v) is 5.22. The van der Waals surface area contributed by atoms with Gasteiger partial charge in [0.05, 0.1) is 5.52 Å². The zero-order chi connectivity index (χ0) is 16.4. The Balaban J connectivity index is 2.05. The van der Waals surface area contributed by atoms with Gasteiger partial charge in [0.1, 0.15) is 24.0 Å². The van der Waals surface area contributed by atoms with Crippen molar-refractivity contribution in [2.45, 2.75) is 13.0 Å². The van der Waals surface area contributed by atoms with Crippen molar-refractivity contribution in [1.82, 2.24) is 9.97 Å². The summed E-state index contributed by atoms with van der Waals surface area (Å²) in [5.74, 6) is -0.432. The highest BCUT2D eigenvalue weighted by molar-refractivity contribution is 5.94. The van der Waals surface area contributed by atoms with Crippen LogP contribution in [0.3, 0.4) is 0 Å². The Hall–Kier alpha value is -3.02. The smallest absolute Gasteiger partial charge is 0.244 e. The molecule has 0 aliphatic carbocycles. The Bertz CT molecular complexity index is 859. The normalized spacial score (nSPS) is 12.1. The highest BCUT2D eigenvalue weighted by atomic mass is 19.1. The molecule has 6 heteroatoms. The van der Waals surface area contributed by atoms with Gasteiger partial charge >= 0.3 is 0 Å². The highest BCUT2D eigenvalue weighted by Gasteiger charge is 2.20. The van der Waals surface area contributed by atoms with Crippen LogP contribution in [-0.2, 0) is 4.79 Å². The zero-order valence-electron chi connectivity index (χ0n) is 12.5. The molecule has 0 aliphatic heterocycles. The number of fused-ring (bicyclic) bond motifs is 1. The fourth-order valence-corrected chi connectivity index (χ4v) is 2.50. The van der Waals surface area contributed by atoms with Crippen LogP contribution < -0.4 is 11.1 Å². The van der Waals surface area contributed by atoms with E-state index < -0.39 is 11.9 Å². The molecule has 1 heterocycles. The molecule has 0 saturated heterocycles. The third-order valence-electron chi connectivity index (χ3n) is 3.64. The number of nitrogens with two attached hydrogens (primary N) is 1. The van der Waals surface area contributed by atoms with E-state index in [2.05, 4.69) is 15.3 Å². The van der Waals surface area contributed by atoms with Gasteiger partial charge in [0.15, 0.2) is 0 Å². The summed E-state index contributed by atoms with van der Waals surface area (Å²) >= 11 is 0. The fraction of sp³-hybridized carbons (Fsp3) is 0.118. The highest BCUT2D eigenvalue weighted by Crippen LogP contribution is 2.26. The Kier molecular flexibility index (Phi) is 3.89. The van der Waals surface area contributed by atoms with E-state index in [9.17, 15) is 9.18 Å². The second-order valence-electron chi connectivity index (χ2n) is 5.22. The van der Waals surface area contributed by atoms with E-state index in [0.29, 0.717) is 11.4 Å². The van der Waals surface area contributed by atoms with E-state index >= 15 is 0 Å². The predicted molar refractivity (Wildman–Crippen MR) is 86.2 cm³/mol. The summed E-state index contributed by atoms with van der Waals surface area (Å²) in [6.07, 6.45) is 1.42. The van der Waals surface area contributed by atoms with Gasteiger partial charge in [-0.3, -0.25) is 4.79 Å². The summed E-state index contributed by atoms with van der Waals surface area (Å²) in [4.78, 5) is 20.3. The SMILES string of the molecule is Cc1cccc2ncnc(NC(C(N)=O)c3ccc(F)cc3)c12. The molecule has 3 rings (SSSR count). The van der Waals surface area contributed by atoms with Gasteiger partial charge in [-0.2, -0.15) is 0 Å².